The number of rotatable bonds is 3. The maximum Gasteiger partial charge on any atom is 0.223 e. The molecule has 1 aliphatic rings. The van der Waals surface area contributed by atoms with Crippen molar-refractivity contribution in [2.24, 2.45) is 13.0 Å². The first-order valence-electron chi connectivity index (χ1n) is 8.17. The van der Waals surface area contributed by atoms with Crippen LogP contribution in [0.15, 0.2) is 6.20 Å². The van der Waals surface area contributed by atoms with Gasteiger partial charge < -0.3 is 10.2 Å². The number of piperidine rings is 1. The fourth-order valence-electron chi connectivity index (χ4n) is 3.11. The van der Waals surface area contributed by atoms with Crippen molar-refractivity contribution in [2.75, 3.05) is 18.0 Å². The van der Waals surface area contributed by atoms with Gasteiger partial charge in [-0.25, -0.2) is 9.97 Å². The minimum Gasteiger partial charge on any atom is -0.356 e. The molecule has 3 heterocycles. The number of amides is 1. The van der Waals surface area contributed by atoms with Crippen molar-refractivity contribution in [1.82, 2.24) is 25.1 Å². The molecule has 0 spiro atoms. The highest BCUT2D eigenvalue weighted by atomic mass is 16.1. The molecule has 0 unspecified atom stereocenters. The van der Waals surface area contributed by atoms with Gasteiger partial charge in [-0.05, 0) is 33.6 Å². The van der Waals surface area contributed by atoms with Crippen LogP contribution >= 0.6 is 0 Å². The first-order chi connectivity index (χ1) is 11.0. The molecule has 1 N–H and O–H groups in total. The lowest BCUT2D eigenvalue weighted by Crippen LogP contribution is -2.42. The SMILES string of the molecule is Cc1nc(N2CCC(C(=O)NC(C)C)CC2)c2cnn(C)c2n1. The highest BCUT2D eigenvalue weighted by Crippen LogP contribution is 2.27. The van der Waals surface area contributed by atoms with E-state index in [1.165, 1.54) is 0 Å². The second-order valence-electron chi connectivity index (χ2n) is 6.52. The summed E-state index contributed by atoms with van der Waals surface area (Å²) >= 11 is 0. The third-order valence-corrected chi connectivity index (χ3v) is 4.28. The minimum atomic E-state index is 0.0981. The van der Waals surface area contributed by atoms with Gasteiger partial charge in [-0.15, -0.1) is 0 Å². The van der Waals surface area contributed by atoms with E-state index in [9.17, 15) is 4.79 Å². The molecule has 7 nitrogen and oxygen atoms in total. The molecule has 0 aliphatic carbocycles. The van der Waals surface area contributed by atoms with E-state index in [1.54, 1.807) is 4.68 Å². The second-order valence-corrected chi connectivity index (χ2v) is 6.52. The van der Waals surface area contributed by atoms with Gasteiger partial charge in [-0.2, -0.15) is 5.10 Å². The zero-order chi connectivity index (χ0) is 16.6. The Labute approximate surface area is 136 Å². The van der Waals surface area contributed by atoms with Crippen LogP contribution in [-0.2, 0) is 11.8 Å². The van der Waals surface area contributed by atoms with E-state index in [2.05, 4.69) is 25.3 Å². The Morgan fingerprint density at radius 1 is 1.30 bits per heavy atom. The van der Waals surface area contributed by atoms with Gasteiger partial charge in [0, 0.05) is 32.1 Å². The van der Waals surface area contributed by atoms with Gasteiger partial charge in [0.25, 0.3) is 0 Å². The topological polar surface area (TPSA) is 75.9 Å². The largest absolute Gasteiger partial charge is 0.356 e. The fourth-order valence-corrected chi connectivity index (χ4v) is 3.11. The molecule has 0 aromatic carbocycles. The summed E-state index contributed by atoms with van der Waals surface area (Å²) in [7, 11) is 1.89. The lowest BCUT2D eigenvalue weighted by Gasteiger charge is -2.32. The third-order valence-electron chi connectivity index (χ3n) is 4.28. The highest BCUT2D eigenvalue weighted by Gasteiger charge is 2.27. The number of hydrogen-bond donors (Lipinski definition) is 1. The van der Waals surface area contributed by atoms with Crippen LogP contribution in [0.4, 0.5) is 5.82 Å². The molecule has 0 saturated carbocycles. The van der Waals surface area contributed by atoms with E-state index in [0.717, 1.165) is 48.6 Å². The second kappa shape index (κ2) is 6.14. The molecule has 1 aliphatic heterocycles. The lowest BCUT2D eigenvalue weighted by atomic mass is 9.95. The molecule has 2 aromatic rings. The molecular weight excluding hydrogens is 292 g/mol. The number of carbonyl (C=O) groups excluding carboxylic acids is 1. The zero-order valence-electron chi connectivity index (χ0n) is 14.2. The summed E-state index contributed by atoms with van der Waals surface area (Å²) in [6.45, 7) is 7.55. The summed E-state index contributed by atoms with van der Waals surface area (Å²) in [6.07, 6.45) is 3.52. The molecule has 0 radical (unpaired) electrons. The quantitative estimate of drug-likeness (QED) is 0.926. The van der Waals surface area contributed by atoms with Crippen LogP contribution < -0.4 is 10.2 Å². The Bertz CT molecular complexity index is 715. The average molecular weight is 316 g/mol. The van der Waals surface area contributed by atoms with Gasteiger partial charge in [-0.1, -0.05) is 0 Å². The van der Waals surface area contributed by atoms with Crippen LogP contribution in [0.5, 0.6) is 0 Å². The van der Waals surface area contributed by atoms with Crippen LogP contribution in [0.1, 0.15) is 32.5 Å². The summed E-state index contributed by atoms with van der Waals surface area (Å²) < 4.78 is 1.77. The van der Waals surface area contributed by atoms with Gasteiger partial charge in [0.1, 0.15) is 11.6 Å². The number of carbonyl (C=O) groups is 1. The number of anilines is 1. The number of nitrogens with one attached hydrogen (secondary N) is 1. The van der Waals surface area contributed by atoms with Crippen LogP contribution in [0.25, 0.3) is 11.0 Å². The first kappa shape index (κ1) is 15.7. The Kier molecular flexibility index (Phi) is 4.19. The predicted octanol–water partition coefficient (Wildman–Crippen LogP) is 1.41. The van der Waals surface area contributed by atoms with Crippen molar-refractivity contribution < 1.29 is 4.79 Å². The van der Waals surface area contributed by atoms with E-state index in [4.69, 9.17) is 0 Å². The zero-order valence-corrected chi connectivity index (χ0v) is 14.2. The highest BCUT2D eigenvalue weighted by molar-refractivity contribution is 5.87. The molecule has 3 rings (SSSR count). The molecule has 7 heteroatoms. The van der Waals surface area contributed by atoms with Crippen molar-refractivity contribution in [3.63, 3.8) is 0 Å². The molecule has 1 fully saturated rings. The predicted molar refractivity (Wildman–Crippen MR) is 89.3 cm³/mol. The minimum absolute atomic E-state index is 0.0981. The standard InChI is InChI=1S/C16H24N6O/c1-10(2)18-16(23)12-5-7-22(8-6-12)15-13-9-17-21(4)14(13)19-11(3)20-15/h9-10,12H,5-8H2,1-4H3,(H,18,23). The number of aryl methyl sites for hydroxylation is 2. The normalized spacial score (nSPS) is 16.3. The number of nitrogens with zero attached hydrogens (tertiary/aromatic N) is 5. The molecule has 1 saturated heterocycles. The van der Waals surface area contributed by atoms with E-state index >= 15 is 0 Å². The molecule has 0 atom stereocenters. The van der Waals surface area contributed by atoms with Crippen LogP contribution in [0.3, 0.4) is 0 Å². The third kappa shape index (κ3) is 3.13. The van der Waals surface area contributed by atoms with Crippen molar-refractivity contribution in [2.45, 2.75) is 39.7 Å². The Hall–Kier alpha value is -2.18. The number of hydrogen-bond acceptors (Lipinski definition) is 5. The molecule has 23 heavy (non-hydrogen) atoms. The van der Waals surface area contributed by atoms with Crippen molar-refractivity contribution >= 4 is 22.8 Å². The molecule has 0 bridgehead atoms. The van der Waals surface area contributed by atoms with Gasteiger partial charge in [-0.3, -0.25) is 9.48 Å². The van der Waals surface area contributed by atoms with Crippen molar-refractivity contribution in [3.05, 3.63) is 12.0 Å². The Morgan fingerprint density at radius 2 is 2.00 bits per heavy atom. The average Bonchev–Trinajstić information content (AvgIpc) is 2.87. The lowest BCUT2D eigenvalue weighted by molar-refractivity contribution is -0.126. The van der Waals surface area contributed by atoms with E-state index in [0.29, 0.717) is 0 Å². The van der Waals surface area contributed by atoms with Gasteiger partial charge >= 0.3 is 0 Å². The molecule has 2 aromatic heterocycles. The number of fused-ring (bicyclic) bond motifs is 1. The molecule has 124 valence electrons. The van der Waals surface area contributed by atoms with Gasteiger partial charge in [0.15, 0.2) is 5.65 Å². The smallest absolute Gasteiger partial charge is 0.223 e. The van der Waals surface area contributed by atoms with Crippen LogP contribution in [0, 0.1) is 12.8 Å². The van der Waals surface area contributed by atoms with Crippen molar-refractivity contribution in [1.29, 1.82) is 0 Å². The van der Waals surface area contributed by atoms with Crippen LogP contribution in [-0.4, -0.2) is 44.8 Å². The maximum atomic E-state index is 12.2. The van der Waals surface area contributed by atoms with E-state index in [-0.39, 0.29) is 17.9 Å². The summed E-state index contributed by atoms with van der Waals surface area (Å²) in [6, 6.07) is 0.195. The fraction of sp³-hybridized carbons (Fsp3) is 0.625. The van der Waals surface area contributed by atoms with Crippen LogP contribution in [0.2, 0.25) is 0 Å². The van der Waals surface area contributed by atoms with E-state index in [1.807, 2.05) is 34.0 Å². The Balaban J connectivity index is 1.77. The van der Waals surface area contributed by atoms with Crippen molar-refractivity contribution in [3.8, 4) is 0 Å². The monoisotopic (exact) mass is 316 g/mol. The summed E-state index contributed by atoms with van der Waals surface area (Å²) in [5.41, 5.74) is 0.854. The van der Waals surface area contributed by atoms with E-state index < -0.39 is 0 Å². The first-order valence-corrected chi connectivity index (χ1v) is 8.17. The van der Waals surface area contributed by atoms with Gasteiger partial charge in [0.05, 0.1) is 11.6 Å². The summed E-state index contributed by atoms with van der Waals surface area (Å²) in [4.78, 5) is 23.5. The Morgan fingerprint density at radius 3 is 2.65 bits per heavy atom. The maximum absolute atomic E-state index is 12.2. The van der Waals surface area contributed by atoms with Gasteiger partial charge in [0.2, 0.25) is 5.91 Å². The summed E-state index contributed by atoms with van der Waals surface area (Å²) in [5.74, 6) is 1.95. The molecular formula is C16H24N6O. The molecule has 1 amide bonds. The number of aromatic nitrogens is 4. The summed E-state index contributed by atoms with van der Waals surface area (Å²) in [5, 5.41) is 8.28.